The number of hydrogen-bond acceptors (Lipinski definition) is 6. The van der Waals surface area contributed by atoms with Crippen LogP contribution in [-0.2, 0) is 17.9 Å². The summed E-state index contributed by atoms with van der Waals surface area (Å²) in [6.07, 6.45) is 7.94. The van der Waals surface area contributed by atoms with Crippen molar-refractivity contribution in [1.29, 1.82) is 0 Å². The molecule has 8 nitrogen and oxygen atoms in total. The molecule has 8 rings (SSSR count). The molecule has 4 N–H and O–H groups in total. The monoisotopic (exact) mass is 863 g/mol. The van der Waals surface area contributed by atoms with E-state index in [1.807, 2.05) is 48.3 Å². The van der Waals surface area contributed by atoms with E-state index in [0.29, 0.717) is 46.3 Å². The standard InChI is InChI=1S/C46H53Cl4N5O3/c1-52-45(36-6-8-37(9-7-36)53(14-16-56)15-17-57)55(29-46-24-32-18-33(25-46)20-34(19-32)26-46)38-10-4-35(5-11-38)43(23-44(51)58)54(27-30-2-12-39(47)41(49)21-30)28-31-3-13-40(48)42(50)22-31/h2-13,21-22,32-34,43,56-57H,14-20,23-29H2,1H3,(H2,51,58). The first kappa shape index (κ1) is 42.8. The van der Waals surface area contributed by atoms with Crippen molar-refractivity contribution in [3.63, 3.8) is 0 Å². The highest BCUT2D eigenvalue weighted by atomic mass is 35.5. The molecule has 4 aliphatic rings. The first-order valence-electron chi connectivity index (χ1n) is 20.3. The average Bonchev–Trinajstić information content (AvgIpc) is 3.19. The summed E-state index contributed by atoms with van der Waals surface area (Å²) >= 11 is 25.5. The number of primary amides is 1. The lowest BCUT2D eigenvalue weighted by Gasteiger charge is -2.58. The van der Waals surface area contributed by atoms with Gasteiger partial charge in [0.05, 0.1) is 33.3 Å². The first-order chi connectivity index (χ1) is 28.0. The molecule has 4 aliphatic carbocycles. The van der Waals surface area contributed by atoms with Gasteiger partial charge in [-0.3, -0.25) is 14.7 Å². The summed E-state index contributed by atoms with van der Waals surface area (Å²) in [5.74, 6) is 2.87. The van der Waals surface area contributed by atoms with Crippen molar-refractivity contribution in [3.05, 3.63) is 127 Å². The summed E-state index contributed by atoms with van der Waals surface area (Å²) in [5.41, 5.74) is 12.0. The predicted molar refractivity (Wildman–Crippen MR) is 238 cm³/mol. The van der Waals surface area contributed by atoms with Gasteiger partial charge in [0.1, 0.15) is 5.84 Å². The van der Waals surface area contributed by atoms with Crippen LogP contribution in [0.1, 0.15) is 73.2 Å². The van der Waals surface area contributed by atoms with Crippen LogP contribution in [0.2, 0.25) is 20.1 Å². The van der Waals surface area contributed by atoms with E-state index in [1.165, 1.54) is 38.5 Å². The zero-order valence-electron chi connectivity index (χ0n) is 33.0. The zero-order valence-corrected chi connectivity index (χ0v) is 36.0. The number of aliphatic hydroxyl groups excluding tert-OH is 2. The van der Waals surface area contributed by atoms with Crippen LogP contribution in [0.15, 0.2) is 89.9 Å². The fourth-order valence-corrected chi connectivity index (χ4v) is 11.1. The van der Waals surface area contributed by atoms with Gasteiger partial charge in [-0.05, 0) is 139 Å². The van der Waals surface area contributed by atoms with Crippen molar-refractivity contribution >= 4 is 69.5 Å². The highest BCUT2D eigenvalue weighted by molar-refractivity contribution is 6.42. The van der Waals surface area contributed by atoms with E-state index in [-0.39, 0.29) is 31.1 Å². The molecule has 58 heavy (non-hydrogen) atoms. The number of anilines is 2. The van der Waals surface area contributed by atoms with Crippen LogP contribution in [0.4, 0.5) is 11.4 Å². The third-order valence-corrected chi connectivity index (χ3v) is 14.0. The van der Waals surface area contributed by atoms with Gasteiger partial charge in [0.15, 0.2) is 0 Å². The molecule has 1 amide bonds. The second-order valence-corrected chi connectivity index (χ2v) is 18.3. The number of nitrogens with zero attached hydrogens (tertiary/aromatic N) is 4. The Morgan fingerprint density at radius 1 is 0.741 bits per heavy atom. The van der Waals surface area contributed by atoms with Gasteiger partial charge in [0, 0.05) is 69.2 Å². The number of amidine groups is 1. The second kappa shape index (κ2) is 18.9. The van der Waals surface area contributed by atoms with Crippen molar-refractivity contribution in [3.8, 4) is 0 Å². The molecule has 4 aromatic carbocycles. The van der Waals surface area contributed by atoms with E-state index in [2.05, 4.69) is 46.2 Å². The molecule has 0 aliphatic heterocycles. The molecule has 4 saturated carbocycles. The topological polar surface area (TPSA) is 106 Å². The van der Waals surface area contributed by atoms with Crippen LogP contribution in [-0.4, -0.2) is 66.8 Å². The van der Waals surface area contributed by atoms with Crippen molar-refractivity contribution in [2.24, 2.45) is 33.9 Å². The average molecular weight is 866 g/mol. The summed E-state index contributed by atoms with van der Waals surface area (Å²) < 4.78 is 0. The van der Waals surface area contributed by atoms with E-state index in [4.69, 9.17) is 57.1 Å². The first-order valence-corrected chi connectivity index (χ1v) is 21.8. The number of aliphatic hydroxyl groups is 2. The Balaban J connectivity index is 1.24. The maximum Gasteiger partial charge on any atom is 0.219 e. The number of amides is 1. The highest BCUT2D eigenvalue weighted by Gasteiger charge is 2.51. The quantitative estimate of drug-likeness (QED) is 0.0722. The molecular weight excluding hydrogens is 812 g/mol. The lowest BCUT2D eigenvalue weighted by atomic mass is 9.49. The van der Waals surface area contributed by atoms with Gasteiger partial charge >= 0.3 is 0 Å². The van der Waals surface area contributed by atoms with Crippen LogP contribution in [0.3, 0.4) is 0 Å². The predicted octanol–water partition coefficient (Wildman–Crippen LogP) is 9.81. The number of hydrogen-bond donors (Lipinski definition) is 3. The Morgan fingerprint density at radius 2 is 1.24 bits per heavy atom. The maximum absolute atomic E-state index is 12.8. The zero-order chi connectivity index (χ0) is 41.0. The van der Waals surface area contributed by atoms with Crippen LogP contribution < -0.4 is 15.5 Å². The van der Waals surface area contributed by atoms with Crippen molar-refractivity contribution in [2.45, 2.75) is 64.1 Å². The number of rotatable bonds is 17. The Kier molecular flexibility index (Phi) is 14.0. The molecule has 4 fully saturated rings. The highest BCUT2D eigenvalue weighted by Crippen LogP contribution is 2.60. The molecule has 4 aromatic rings. The molecule has 0 aromatic heterocycles. The van der Waals surface area contributed by atoms with Gasteiger partial charge in [-0.1, -0.05) is 70.7 Å². The summed E-state index contributed by atoms with van der Waals surface area (Å²) in [6, 6.07) is 27.6. The van der Waals surface area contributed by atoms with E-state index < -0.39 is 5.91 Å². The van der Waals surface area contributed by atoms with Crippen molar-refractivity contribution in [1.82, 2.24) is 4.90 Å². The molecule has 1 unspecified atom stereocenters. The Labute approximate surface area is 362 Å². The Bertz CT molecular complexity index is 1980. The minimum atomic E-state index is -0.411. The fraction of sp³-hybridized carbons (Fsp3) is 0.435. The summed E-state index contributed by atoms with van der Waals surface area (Å²) in [6.45, 7) is 2.68. The Morgan fingerprint density at radius 3 is 1.69 bits per heavy atom. The minimum absolute atomic E-state index is 0.00126. The van der Waals surface area contributed by atoms with Crippen LogP contribution in [0.25, 0.3) is 0 Å². The second-order valence-electron chi connectivity index (χ2n) is 16.7. The Hall–Kier alpha value is -3.34. The molecule has 4 bridgehead atoms. The molecule has 0 spiro atoms. The normalized spacial score (nSPS) is 21.7. The maximum atomic E-state index is 12.8. The number of halogens is 4. The number of aliphatic imine (C=N–C) groups is 1. The van der Waals surface area contributed by atoms with E-state index in [9.17, 15) is 15.0 Å². The van der Waals surface area contributed by atoms with Crippen LogP contribution in [0, 0.1) is 23.2 Å². The summed E-state index contributed by atoms with van der Waals surface area (Å²) in [5, 5.41) is 21.2. The van der Waals surface area contributed by atoms with Crippen LogP contribution >= 0.6 is 46.4 Å². The molecule has 0 heterocycles. The van der Waals surface area contributed by atoms with Gasteiger partial charge < -0.3 is 25.7 Å². The lowest BCUT2D eigenvalue weighted by molar-refractivity contribution is -0.119. The van der Waals surface area contributed by atoms with Gasteiger partial charge in [0.2, 0.25) is 5.91 Å². The van der Waals surface area contributed by atoms with E-state index >= 15 is 0 Å². The molecule has 1 atom stereocenters. The fourth-order valence-electron chi connectivity index (χ4n) is 10.5. The van der Waals surface area contributed by atoms with Crippen molar-refractivity contribution in [2.75, 3.05) is 49.7 Å². The van der Waals surface area contributed by atoms with Gasteiger partial charge in [-0.15, -0.1) is 0 Å². The molecule has 308 valence electrons. The summed E-state index contributed by atoms with van der Waals surface area (Å²) in [7, 11) is 1.86. The SMILES string of the molecule is CN=C(c1ccc(N(CCO)CCO)cc1)N(CC12CC3CC(CC(C3)C1)C2)c1ccc(C(CC(N)=O)N(Cc2ccc(Cl)c(Cl)c2)Cc2ccc(Cl)c(Cl)c2)cc1. The van der Waals surface area contributed by atoms with Crippen LogP contribution in [0.5, 0.6) is 0 Å². The molecule has 0 saturated heterocycles. The third kappa shape index (κ3) is 9.98. The number of benzene rings is 4. The largest absolute Gasteiger partial charge is 0.395 e. The number of carbonyl (C=O) groups is 1. The van der Waals surface area contributed by atoms with E-state index in [1.54, 1.807) is 12.1 Å². The minimum Gasteiger partial charge on any atom is -0.395 e. The van der Waals surface area contributed by atoms with E-state index in [0.717, 1.165) is 63.8 Å². The third-order valence-electron chi connectivity index (χ3n) is 12.5. The molecular formula is C46H53Cl4N5O3. The van der Waals surface area contributed by atoms with Gasteiger partial charge in [-0.2, -0.15) is 0 Å². The summed E-state index contributed by atoms with van der Waals surface area (Å²) in [4.78, 5) is 24.4. The molecule has 0 radical (unpaired) electrons. The van der Waals surface area contributed by atoms with Gasteiger partial charge in [-0.25, -0.2) is 0 Å². The molecule has 12 heteroatoms. The smallest absolute Gasteiger partial charge is 0.219 e. The lowest BCUT2D eigenvalue weighted by Crippen LogP contribution is -2.52. The van der Waals surface area contributed by atoms with Gasteiger partial charge in [0.25, 0.3) is 0 Å². The van der Waals surface area contributed by atoms with Crippen molar-refractivity contribution < 1.29 is 15.0 Å². The number of carbonyl (C=O) groups excluding carboxylic acids is 1. The number of nitrogens with two attached hydrogens (primary N) is 1.